The van der Waals surface area contributed by atoms with Gasteiger partial charge in [0, 0.05) is 44.2 Å². The van der Waals surface area contributed by atoms with Crippen LogP contribution in [-0.2, 0) is 11.3 Å². The molecule has 0 bridgehead atoms. The predicted molar refractivity (Wildman–Crippen MR) is 110 cm³/mol. The summed E-state index contributed by atoms with van der Waals surface area (Å²) in [6.07, 6.45) is -0.232. The molecule has 6 nitrogen and oxygen atoms in total. The lowest BCUT2D eigenvalue weighted by Gasteiger charge is -2.35. The molecule has 1 saturated heterocycles. The van der Waals surface area contributed by atoms with Crippen molar-refractivity contribution in [1.29, 1.82) is 0 Å². The molecule has 24 heavy (non-hydrogen) atoms. The Balaban J connectivity index is 0.00000288. The number of benzene rings is 1. The van der Waals surface area contributed by atoms with Crippen molar-refractivity contribution in [1.82, 2.24) is 15.1 Å². The Morgan fingerprint density at radius 2 is 1.79 bits per heavy atom. The number of ether oxygens (including phenoxy) is 1. The molecule has 1 aliphatic heterocycles. The molecule has 0 unspecified atom stereocenters. The Labute approximate surface area is 168 Å². The number of nitrogens with zero attached hydrogens (tertiary/aromatic N) is 3. The van der Waals surface area contributed by atoms with E-state index in [1.54, 1.807) is 11.9 Å². The zero-order valence-corrected chi connectivity index (χ0v) is 17.9. The van der Waals surface area contributed by atoms with E-state index in [4.69, 9.17) is 4.74 Å². The first-order valence-electron chi connectivity index (χ1n) is 7.75. The number of carbonyl (C=O) groups excluding carboxylic acids is 1. The van der Waals surface area contributed by atoms with Gasteiger partial charge in [-0.2, -0.15) is 0 Å². The number of guanidine groups is 1. The van der Waals surface area contributed by atoms with Crippen LogP contribution >= 0.6 is 39.9 Å². The lowest BCUT2D eigenvalue weighted by molar-refractivity contribution is 0.0914. The van der Waals surface area contributed by atoms with Gasteiger partial charge in [-0.15, -0.1) is 24.0 Å². The average molecular weight is 511 g/mol. The molecule has 1 aliphatic rings. The topological polar surface area (TPSA) is 57.2 Å². The summed E-state index contributed by atoms with van der Waals surface area (Å²) in [7, 11) is 1.78. The Kier molecular flexibility index (Phi) is 9.42. The minimum atomic E-state index is -0.232. The van der Waals surface area contributed by atoms with Crippen LogP contribution in [0.2, 0.25) is 0 Å². The van der Waals surface area contributed by atoms with E-state index >= 15 is 0 Å². The number of hydrogen-bond donors (Lipinski definition) is 1. The van der Waals surface area contributed by atoms with Crippen LogP contribution in [0.15, 0.2) is 33.7 Å². The zero-order chi connectivity index (χ0) is 16.7. The Hall–Kier alpha value is -1.03. The Morgan fingerprint density at radius 1 is 1.21 bits per heavy atom. The van der Waals surface area contributed by atoms with Crippen LogP contribution < -0.4 is 5.32 Å². The number of halogens is 2. The molecule has 134 valence electrons. The first kappa shape index (κ1) is 21.0. The van der Waals surface area contributed by atoms with Gasteiger partial charge >= 0.3 is 6.09 Å². The fraction of sp³-hybridized carbons (Fsp3) is 0.500. The van der Waals surface area contributed by atoms with Gasteiger partial charge in [0.2, 0.25) is 0 Å². The molecule has 1 aromatic carbocycles. The number of piperazine rings is 1. The lowest BCUT2D eigenvalue weighted by atomic mass is 10.2. The Bertz CT molecular complexity index is 546. The molecular formula is C16H24BrIN4O2. The predicted octanol–water partition coefficient (Wildman–Crippen LogP) is 2.92. The van der Waals surface area contributed by atoms with Crippen LogP contribution in [0.4, 0.5) is 4.79 Å². The van der Waals surface area contributed by atoms with Gasteiger partial charge in [0.25, 0.3) is 0 Å². The third-order valence-electron chi connectivity index (χ3n) is 3.68. The summed E-state index contributed by atoms with van der Waals surface area (Å²) >= 11 is 3.44. The summed E-state index contributed by atoms with van der Waals surface area (Å²) in [6.45, 7) is 5.75. The molecule has 1 N–H and O–H groups in total. The van der Waals surface area contributed by atoms with E-state index in [1.165, 1.54) is 5.56 Å². The summed E-state index contributed by atoms with van der Waals surface area (Å²) in [6, 6.07) is 8.20. The third kappa shape index (κ3) is 6.12. The smallest absolute Gasteiger partial charge is 0.409 e. The average Bonchev–Trinajstić information content (AvgIpc) is 2.58. The number of rotatable bonds is 3. The maximum Gasteiger partial charge on any atom is 0.409 e. The van der Waals surface area contributed by atoms with Gasteiger partial charge < -0.3 is 19.9 Å². The highest BCUT2D eigenvalue weighted by atomic mass is 127. The standard InChI is InChI=1S/C16H23BrN4O2.HI/c1-3-23-16(22)21-10-8-20(9-11-21)15(18-2)19-12-13-4-6-14(17)7-5-13;/h4-7H,3,8-12H2,1-2H3,(H,18,19);1H. The van der Waals surface area contributed by atoms with Crippen LogP contribution in [0.5, 0.6) is 0 Å². The fourth-order valence-electron chi connectivity index (χ4n) is 2.43. The fourth-order valence-corrected chi connectivity index (χ4v) is 2.70. The van der Waals surface area contributed by atoms with Crippen molar-refractivity contribution in [2.24, 2.45) is 4.99 Å². The zero-order valence-electron chi connectivity index (χ0n) is 14.0. The van der Waals surface area contributed by atoms with Crippen LogP contribution in [0.3, 0.4) is 0 Å². The molecule has 0 aliphatic carbocycles. The van der Waals surface area contributed by atoms with Crippen molar-refractivity contribution >= 4 is 52.0 Å². The molecular weight excluding hydrogens is 487 g/mol. The van der Waals surface area contributed by atoms with E-state index in [9.17, 15) is 4.79 Å². The van der Waals surface area contributed by atoms with Crippen molar-refractivity contribution in [2.45, 2.75) is 13.5 Å². The number of nitrogens with one attached hydrogen (secondary N) is 1. The second kappa shape index (κ2) is 10.8. The largest absolute Gasteiger partial charge is 0.450 e. The first-order chi connectivity index (χ1) is 11.1. The molecule has 1 amide bonds. The van der Waals surface area contributed by atoms with Gasteiger partial charge in [-0.1, -0.05) is 28.1 Å². The molecule has 0 saturated carbocycles. The van der Waals surface area contributed by atoms with Crippen molar-refractivity contribution in [3.05, 3.63) is 34.3 Å². The van der Waals surface area contributed by atoms with Gasteiger partial charge in [-0.25, -0.2) is 4.79 Å². The molecule has 8 heteroatoms. The summed E-state index contributed by atoms with van der Waals surface area (Å²) in [4.78, 5) is 20.0. The van der Waals surface area contributed by atoms with E-state index in [-0.39, 0.29) is 30.1 Å². The van der Waals surface area contributed by atoms with Gasteiger partial charge in [0.05, 0.1) is 6.61 Å². The van der Waals surface area contributed by atoms with E-state index in [0.717, 1.165) is 30.1 Å². The van der Waals surface area contributed by atoms with Crippen LogP contribution in [0, 0.1) is 0 Å². The summed E-state index contributed by atoms with van der Waals surface area (Å²) in [5, 5.41) is 3.37. The van der Waals surface area contributed by atoms with E-state index in [2.05, 4.69) is 43.3 Å². The number of aliphatic imine (C=N–C) groups is 1. The van der Waals surface area contributed by atoms with Crippen molar-refractivity contribution in [2.75, 3.05) is 39.8 Å². The molecule has 1 aromatic rings. The van der Waals surface area contributed by atoms with Crippen LogP contribution in [-0.4, -0.2) is 61.7 Å². The highest BCUT2D eigenvalue weighted by Crippen LogP contribution is 2.10. The van der Waals surface area contributed by atoms with Gasteiger partial charge in [-0.05, 0) is 24.6 Å². The van der Waals surface area contributed by atoms with Crippen LogP contribution in [0.1, 0.15) is 12.5 Å². The molecule has 2 rings (SSSR count). The monoisotopic (exact) mass is 510 g/mol. The van der Waals surface area contributed by atoms with Gasteiger partial charge in [0.1, 0.15) is 0 Å². The van der Waals surface area contributed by atoms with Crippen molar-refractivity contribution in [3.63, 3.8) is 0 Å². The summed E-state index contributed by atoms with van der Waals surface area (Å²) in [5.74, 6) is 0.858. The lowest BCUT2D eigenvalue weighted by Crippen LogP contribution is -2.53. The van der Waals surface area contributed by atoms with E-state index in [0.29, 0.717) is 19.7 Å². The highest BCUT2D eigenvalue weighted by Gasteiger charge is 2.23. The van der Waals surface area contributed by atoms with E-state index in [1.807, 2.05) is 19.1 Å². The number of hydrogen-bond acceptors (Lipinski definition) is 3. The van der Waals surface area contributed by atoms with Crippen molar-refractivity contribution < 1.29 is 9.53 Å². The molecule has 1 heterocycles. The third-order valence-corrected chi connectivity index (χ3v) is 4.21. The second-order valence-corrected chi connectivity index (χ2v) is 6.12. The molecule has 1 fully saturated rings. The SMILES string of the molecule is CCOC(=O)N1CCN(C(=NC)NCc2ccc(Br)cc2)CC1.I. The van der Waals surface area contributed by atoms with Gasteiger partial charge in [0.15, 0.2) is 5.96 Å². The maximum absolute atomic E-state index is 11.7. The minimum absolute atomic E-state index is 0. The number of carbonyl (C=O) groups is 1. The highest BCUT2D eigenvalue weighted by molar-refractivity contribution is 14.0. The molecule has 0 radical (unpaired) electrons. The molecule has 0 atom stereocenters. The summed E-state index contributed by atoms with van der Waals surface area (Å²) < 4.78 is 6.11. The molecule has 0 aromatic heterocycles. The minimum Gasteiger partial charge on any atom is -0.450 e. The maximum atomic E-state index is 11.7. The van der Waals surface area contributed by atoms with E-state index < -0.39 is 0 Å². The quantitative estimate of drug-likeness (QED) is 0.386. The summed E-state index contributed by atoms with van der Waals surface area (Å²) in [5.41, 5.74) is 1.19. The number of amides is 1. The first-order valence-corrected chi connectivity index (χ1v) is 8.55. The Morgan fingerprint density at radius 3 is 2.33 bits per heavy atom. The van der Waals surface area contributed by atoms with Gasteiger partial charge in [-0.3, -0.25) is 4.99 Å². The second-order valence-electron chi connectivity index (χ2n) is 5.20. The normalized spacial score (nSPS) is 14.9. The van der Waals surface area contributed by atoms with Crippen molar-refractivity contribution in [3.8, 4) is 0 Å². The molecule has 0 spiro atoms. The van der Waals surface area contributed by atoms with Crippen LogP contribution in [0.25, 0.3) is 0 Å².